The predicted molar refractivity (Wildman–Crippen MR) is 105 cm³/mol. The van der Waals surface area contributed by atoms with Crippen LogP contribution in [0.5, 0.6) is 0 Å². The first-order chi connectivity index (χ1) is 12.6. The molecule has 1 unspecified atom stereocenters. The van der Waals surface area contributed by atoms with Crippen molar-refractivity contribution in [3.05, 3.63) is 65.7 Å². The average Bonchev–Trinajstić information content (AvgIpc) is 2.76. The van der Waals surface area contributed by atoms with Crippen molar-refractivity contribution in [2.45, 2.75) is 12.5 Å². The van der Waals surface area contributed by atoms with Gasteiger partial charge in [0, 0.05) is 11.1 Å². The van der Waals surface area contributed by atoms with Gasteiger partial charge in [-0.1, -0.05) is 48.0 Å². The van der Waals surface area contributed by atoms with E-state index in [1.807, 2.05) is 36.4 Å². The van der Waals surface area contributed by atoms with Crippen LogP contribution in [0.15, 0.2) is 60.7 Å². The van der Waals surface area contributed by atoms with Crippen LogP contribution in [-0.4, -0.2) is 17.9 Å². The lowest BCUT2D eigenvalue weighted by atomic mass is 10.1. The molecule has 6 heteroatoms. The third kappa shape index (κ3) is 3.09. The maximum absolute atomic E-state index is 12.6. The second kappa shape index (κ2) is 6.69. The van der Waals surface area contributed by atoms with Crippen molar-refractivity contribution < 1.29 is 9.59 Å². The molecule has 0 saturated carbocycles. The number of nitrogens with one attached hydrogen (secondary N) is 3. The number of anilines is 3. The number of rotatable bonds is 3. The molecule has 4 rings (SSSR count). The minimum absolute atomic E-state index is 0.0125. The van der Waals surface area contributed by atoms with Gasteiger partial charge in [0.05, 0.1) is 22.8 Å². The molecule has 0 radical (unpaired) electrons. The highest BCUT2D eigenvalue weighted by atomic mass is 35.5. The smallest absolute Gasteiger partial charge is 0.247 e. The molecule has 26 heavy (non-hydrogen) atoms. The summed E-state index contributed by atoms with van der Waals surface area (Å²) >= 11 is 6.07. The predicted octanol–water partition coefficient (Wildman–Crippen LogP) is 4.25. The van der Waals surface area contributed by atoms with Gasteiger partial charge in [0.2, 0.25) is 11.8 Å². The van der Waals surface area contributed by atoms with Crippen LogP contribution >= 0.6 is 11.6 Å². The summed E-state index contributed by atoms with van der Waals surface area (Å²) in [6, 6.07) is 17.9. The Morgan fingerprint density at radius 2 is 1.73 bits per heavy atom. The average molecular weight is 366 g/mol. The number of amides is 2. The highest BCUT2D eigenvalue weighted by Crippen LogP contribution is 2.33. The molecule has 1 aliphatic rings. The Kier molecular flexibility index (Phi) is 4.22. The molecule has 5 nitrogen and oxygen atoms in total. The Hall–Kier alpha value is -3.05. The van der Waals surface area contributed by atoms with E-state index in [4.69, 9.17) is 11.6 Å². The van der Waals surface area contributed by atoms with Crippen LogP contribution in [0.4, 0.5) is 17.1 Å². The van der Waals surface area contributed by atoms with Crippen LogP contribution in [-0.2, 0) is 9.59 Å². The Bertz CT molecular complexity index is 1010. The molecule has 1 aliphatic heterocycles. The van der Waals surface area contributed by atoms with Gasteiger partial charge in [0.1, 0.15) is 6.04 Å². The van der Waals surface area contributed by atoms with E-state index in [9.17, 15) is 9.59 Å². The fourth-order valence-corrected chi connectivity index (χ4v) is 3.31. The number of benzene rings is 3. The monoisotopic (exact) mass is 365 g/mol. The van der Waals surface area contributed by atoms with Crippen LogP contribution in [0.2, 0.25) is 5.02 Å². The van der Waals surface area contributed by atoms with Crippen molar-refractivity contribution in [2.24, 2.45) is 0 Å². The van der Waals surface area contributed by atoms with Gasteiger partial charge in [-0.3, -0.25) is 9.59 Å². The number of hydrogen-bond acceptors (Lipinski definition) is 3. The van der Waals surface area contributed by atoms with Crippen molar-refractivity contribution in [3.8, 4) is 0 Å². The molecule has 0 fully saturated rings. The maximum Gasteiger partial charge on any atom is 0.247 e. The number of para-hydroxylation sites is 1. The van der Waals surface area contributed by atoms with Crippen LogP contribution in [0, 0.1) is 0 Å². The van der Waals surface area contributed by atoms with Crippen LogP contribution in [0.1, 0.15) is 6.42 Å². The van der Waals surface area contributed by atoms with Crippen molar-refractivity contribution in [2.75, 3.05) is 16.0 Å². The normalized spacial score (nSPS) is 15.7. The molecule has 3 aromatic rings. The summed E-state index contributed by atoms with van der Waals surface area (Å²) in [4.78, 5) is 25.0. The third-order valence-corrected chi connectivity index (χ3v) is 4.68. The Morgan fingerprint density at radius 1 is 1.00 bits per heavy atom. The second-order valence-corrected chi connectivity index (χ2v) is 6.53. The quantitative estimate of drug-likeness (QED) is 0.649. The molecule has 0 aromatic heterocycles. The van der Waals surface area contributed by atoms with Gasteiger partial charge in [-0.05, 0) is 29.7 Å². The summed E-state index contributed by atoms with van der Waals surface area (Å²) in [7, 11) is 0. The largest absolute Gasteiger partial charge is 0.373 e. The Morgan fingerprint density at radius 3 is 2.50 bits per heavy atom. The van der Waals surface area contributed by atoms with E-state index >= 15 is 0 Å². The van der Waals surface area contributed by atoms with Crippen molar-refractivity contribution in [3.63, 3.8) is 0 Å². The van der Waals surface area contributed by atoms with Gasteiger partial charge in [-0.25, -0.2) is 0 Å². The van der Waals surface area contributed by atoms with Crippen molar-refractivity contribution >= 4 is 51.2 Å². The molecule has 3 N–H and O–H groups in total. The van der Waals surface area contributed by atoms with Gasteiger partial charge < -0.3 is 16.0 Å². The minimum atomic E-state index is -0.685. The Labute approximate surface area is 155 Å². The third-order valence-electron chi connectivity index (χ3n) is 4.35. The van der Waals surface area contributed by atoms with Crippen LogP contribution in [0.25, 0.3) is 10.8 Å². The zero-order chi connectivity index (χ0) is 18.1. The second-order valence-electron chi connectivity index (χ2n) is 6.13. The van der Waals surface area contributed by atoms with Crippen molar-refractivity contribution in [1.29, 1.82) is 0 Å². The van der Waals surface area contributed by atoms with E-state index in [0.717, 1.165) is 22.1 Å². The first-order valence-electron chi connectivity index (χ1n) is 8.25. The minimum Gasteiger partial charge on any atom is -0.373 e. The summed E-state index contributed by atoms with van der Waals surface area (Å²) in [6.45, 7) is 0. The summed E-state index contributed by atoms with van der Waals surface area (Å²) in [6.07, 6.45) is -0.0125. The van der Waals surface area contributed by atoms with E-state index in [-0.39, 0.29) is 18.2 Å². The van der Waals surface area contributed by atoms with Gasteiger partial charge >= 0.3 is 0 Å². The molecule has 3 aromatic carbocycles. The van der Waals surface area contributed by atoms with Gasteiger partial charge in [-0.2, -0.15) is 0 Å². The maximum atomic E-state index is 12.6. The van der Waals surface area contributed by atoms with Crippen LogP contribution < -0.4 is 16.0 Å². The van der Waals surface area contributed by atoms with E-state index in [0.29, 0.717) is 10.7 Å². The van der Waals surface area contributed by atoms with Crippen LogP contribution in [0.3, 0.4) is 0 Å². The molecule has 1 heterocycles. The topological polar surface area (TPSA) is 70.2 Å². The fraction of sp³-hybridized carbons (Fsp3) is 0.100. The highest BCUT2D eigenvalue weighted by Gasteiger charge is 2.26. The summed E-state index contributed by atoms with van der Waals surface area (Å²) in [5.74, 6) is -0.535. The van der Waals surface area contributed by atoms with Gasteiger partial charge in [0.15, 0.2) is 0 Å². The van der Waals surface area contributed by atoms with Gasteiger partial charge in [-0.15, -0.1) is 0 Å². The number of halogens is 1. The number of carbonyl (C=O) groups is 2. The van der Waals surface area contributed by atoms with Gasteiger partial charge in [0.25, 0.3) is 0 Å². The molecule has 2 amide bonds. The van der Waals surface area contributed by atoms with E-state index in [2.05, 4.69) is 16.0 Å². The summed E-state index contributed by atoms with van der Waals surface area (Å²) < 4.78 is 0. The molecule has 130 valence electrons. The van der Waals surface area contributed by atoms with Crippen molar-refractivity contribution in [1.82, 2.24) is 0 Å². The molecule has 0 saturated heterocycles. The lowest BCUT2D eigenvalue weighted by molar-refractivity contribution is -0.121. The molecule has 0 aliphatic carbocycles. The standard InChI is InChI=1S/C20H16ClN3O2/c21-13-7-1-2-8-14(13)23-18(25)11-17-20(26)24-16-10-4-6-12-5-3-9-15(22-17)19(12)16/h1-10,17,22H,11H2,(H,23,25)(H,24,26). The van der Waals surface area contributed by atoms with E-state index in [1.165, 1.54) is 0 Å². The molecular formula is C20H16ClN3O2. The molecule has 0 spiro atoms. The first-order valence-corrected chi connectivity index (χ1v) is 8.63. The number of carbonyl (C=O) groups excluding carboxylic acids is 2. The lowest BCUT2D eigenvalue weighted by Gasteiger charge is -2.16. The zero-order valence-electron chi connectivity index (χ0n) is 13.8. The molecule has 1 atom stereocenters. The molecular weight excluding hydrogens is 350 g/mol. The highest BCUT2D eigenvalue weighted by molar-refractivity contribution is 6.33. The fourth-order valence-electron chi connectivity index (χ4n) is 3.13. The van der Waals surface area contributed by atoms with E-state index in [1.54, 1.807) is 24.3 Å². The first kappa shape index (κ1) is 16.4. The lowest BCUT2D eigenvalue weighted by Crippen LogP contribution is -2.36. The summed E-state index contributed by atoms with van der Waals surface area (Å²) in [5.41, 5.74) is 2.09. The SMILES string of the molecule is O=C(CC1Nc2cccc3cccc(c23)NC1=O)Nc1ccccc1Cl. The summed E-state index contributed by atoms with van der Waals surface area (Å²) in [5, 5.41) is 11.3. The number of hydrogen-bond donors (Lipinski definition) is 3. The van der Waals surface area contributed by atoms with E-state index < -0.39 is 6.04 Å². The molecule has 0 bridgehead atoms. The Balaban J connectivity index is 1.57. The zero-order valence-corrected chi connectivity index (χ0v) is 14.5.